The van der Waals surface area contributed by atoms with Crippen LogP contribution in [0.5, 0.6) is 0 Å². The summed E-state index contributed by atoms with van der Waals surface area (Å²) in [5.41, 5.74) is -0.531. The predicted molar refractivity (Wildman–Crippen MR) is 44.5 cm³/mol. The molecule has 1 fully saturated rings. The van der Waals surface area contributed by atoms with E-state index in [9.17, 15) is 5.11 Å². The summed E-state index contributed by atoms with van der Waals surface area (Å²) < 4.78 is 5.65. The van der Waals surface area contributed by atoms with Crippen molar-refractivity contribution in [3.8, 4) is 0 Å². The summed E-state index contributed by atoms with van der Waals surface area (Å²) in [6.07, 6.45) is 1.83. The van der Waals surface area contributed by atoms with Gasteiger partial charge in [-0.15, -0.1) is 0 Å². The van der Waals surface area contributed by atoms with E-state index in [2.05, 4.69) is 0 Å². The minimum atomic E-state index is -0.462. The summed E-state index contributed by atoms with van der Waals surface area (Å²) >= 11 is 0. The fourth-order valence-electron chi connectivity index (χ4n) is 1.50. The second-order valence-corrected chi connectivity index (χ2v) is 4.76. The molecule has 0 aliphatic heterocycles. The first-order valence-electron chi connectivity index (χ1n) is 4.19. The van der Waals surface area contributed by atoms with Gasteiger partial charge in [-0.2, -0.15) is 0 Å². The van der Waals surface area contributed by atoms with Crippen molar-refractivity contribution in [2.75, 3.05) is 0 Å². The van der Waals surface area contributed by atoms with Crippen molar-refractivity contribution in [1.29, 1.82) is 0 Å². The van der Waals surface area contributed by atoms with E-state index < -0.39 is 5.60 Å². The van der Waals surface area contributed by atoms with Gasteiger partial charge in [0.25, 0.3) is 0 Å². The van der Waals surface area contributed by atoms with Gasteiger partial charge < -0.3 is 9.84 Å². The Bertz CT molecular complexity index is 136. The van der Waals surface area contributed by atoms with Crippen molar-refractivity contribution in [1.82, 2.24) is 0 Å². The molecule has 0 radical (unpaired) electrons. The molecular formula is C9H18O2. The van der Waals surface area contributed by atoms with Crippen LogP contribution in [0.3, 0.4) is 0 Å². The van der Waals surface area contributed by atoms with Crippen molar-refractivity contribution in [3.05, 3.63) is 0 Å². The fraction of sp³-hybridized carbons (Fsp3) is 1.00. The van der Waals surface area contributed by atoms with Gasteiger partial charge in [-0.05, 0) is 27.7 Å². The Hall–Kier alpha value is -0.0800. The van der Waals surface area contributed by atoms with Gasteiger partial charge in [0.2, 0.25) is 0 Å². The lowest BCUT2D eigenvalue weighted by Crippen LogP contribution is -2.48. The van der Waals surface area contributed by atoms with Crippen LogP contribution in [0.1, 0.15) is 40.5 Å². The molecule has 0 saturated heterocycles. The minimum absolute atomic E-state index is 0.0683. The molecule has 0 bridgehead atoms. The number of hydrogen-bond acceptors (Lipinski definition) is 2. The van der Waals surface area contributed by atoms with Crippen molar-refractivity contribution >= 4 is 0 Å². The first-order chi connectivity index (χ1) is 4.79. The monoisotopic (exact) mass is 158 g/mol. The molecule has 0 aromatic carbocycles. The summed E-state index contributed by atoms with van der Waals surface area (Å²) in [6, 6.07) is 0. The standard InChI is InChI=1S/C9H18O2/c1-8(2,3)11-7-5-9(4,10)6-7/h7,10H,5-6H2,1-4H3. The van der Waals surface area contributed by atoms with Crippen molar-refractivity contribution in [3.63, 3.8) is 0 Å². The van der Waals surface area contributed by atoms with Gasteiger partial charge in [-0.1, -0.05) is 0 Å². The predicted octanol–water partition coefficient (Wildman–Crippen LogP) is 1.71. The van der Waals surface area contributed by atoms with Crippen molar-refractivity contribution in [2.45, 2.75) is 57.8 Å². The molecule has 1 aliphatic rings. The zero-order valence-corrected chi connectivity index (χ0v) is 7.85. The molecule has 2 nitrogen and oxygen atoms in total. The molecule has 2 heteroatoms. The van der Waals surface area contributed by atoms with Crippen LogP contribution in [0.15, 0.2) is 0 Å². The Morgan fingerprint density at radius 3 is 2.09 bits per heavy atom. The van der Waals surface area contributed by atoms with E-state index in [1.165, 1.54) is 0 Å². The van der Waals surface area contributed by atoms with Gasteiger partial charge in [0, 0.05) is 12.8 Å². The molecule has 1 aliphatic carbocycles. The summed E-state index contributed by atoms with van der Waals surface area (Å²) in [5, 5.41) is 9.40. The normalized spacial score (nSPS) is 38.5. The quantitative estimate of drug-likeness (QED) is 0.629. The lowest BCUT2D eigenvalue weighted by Gasteiger charge is -2.43. The van der Waals surface area contributed by atoms with Gasteiger partial charge >= 0.3 is 0 Å². The van der Waals surface area contributed by atoms with Crippen LogP contribution < -0.4 is 0 Å². The lowest BCUT2D eigenvalue weighted by molar-refractivity contribution is -0.170. The molecule has 0 amide bonds. The molecule has 0 aromatic heterocycles. The zero-order chi connectivity index (χ0) is 8.70. The van der Waals surface area contributed by atoms with Crippen LogP contribution in [0.25, 0.3) is 0 Å². The summed E-state index contributed by atoms with van der Waals surface area (Å²) in [4.78, 5) is 0. The highest BCUT2D eigenvalue weighted by atomic mass is 16.5. The van der Waals surface area contributed by atoms with Gasteiger partial charge in [0.15, 0.2) is 0 Å². The Balaban J connectivity index is 2.24. The molecule has 0 spiro atoms. The first kappa shape index (κ1) is 9.01. The van der Waals surface area contributed by atoms with E-state index in [4.69, 9.17) is 4.74 Å². The number of ether oxygens (including phenoxy) is 1. The average Bonchev–Trinajstić information content (AvgIpc) is 1.53. The molecule has 66 valence electrons. The maximum Gasteiger partial charge on any atom is 0.0669 e. The minimum Gasteiger partial charge on any atom is -0.390 e. The van der Waals surface area contributed by atoms with E-state index in [0.717, 1.165) is 12.8 Å². The third-order valence-electron chi connectivity index (χ3n) is 1.86. The Labute approximate surface area is 68.6 Å². The zero-order valence-electron chi connectivity index (χ0n) is 7.85. The highest BCUT2D eigenvalue weighted by molar-refractivity contribution is 4.92. The Morgan fingerprint density at radius 1 is 1.36 bits per heavy atom. The van der Waals surface area contributed by atoms with Gasteiger partial charge in [0.05, 0.1) is 17.3 Å². The molecule has 1 saturated carbocycles. The molecule has 11 heavy (non-hydrogen) atoms. The van der Waals surface area contributed by atoms with E-state index in [1.54, 1.807) is 0 Å². The van der Waals surface area contributed by atoms with Crippen LogP contribution in [-0.4, -0.2) is 22.4 Å². The van der Waals surface area contributed by atoms with Gasteiger partial charge in [-0.25, -0.2) is 0 Å². The maximum atomic E-state index is 9.40. The maximum absolute atomic E-state index is 9.40. The average molecular weight is 158 g/mol. The number of rotatable bonds is 1. The number of aliphatic hydroxyl groups is 1. The Kier molecular flexibility index (Phi) is 2.01. The molecule has 0 unspecified atom stereocenters. The molecule has 0 atom stereocenters. The molecule has 0 aromatic rings. The van der Waals surface area contributed by atoms with E-state index >= 15 is 0 Å². The first-order valence-corrected chi connectivity index (χ1v) is 4.19. The second-order valence-electron chi connectivity index (χ2n) is 4.76. The smallest absolute Gasteiger partial charge is 0.0669 e. The molecular weight excluding hydrogens is 140 g/mol. The summed E-state index contributed by atoms with van der Waals surface area (Å²) in [6.45, 7) is 7.98. The van der Waals surface area contributed by atoms with E-state index in [0.29, 0.717) is 0 Å². The third kappa shape index (κ3) is 2.80. The summed E-state index contributed by atoms with van der Waals surface area (Å²) in [5.74, 6) is 0. The van der Waals surface area contributed by atoms with Crippen molar-refractivity contribution in [2.24, 2.45) is 0 Å². The Morgan fingerprint density at radius 2 is 1.82 bits per heavy atom. The van der Waals surface area contributed by atoms with Crippen LogP contribution >= 0.6 is 0 Å². The van der Waals surface area contributed by atoms with E-state index in [-0.39, 0.29) is 11.7 Å². The van der Waals surface area contributed by atoms with Gasteiger partial charge in [-0.3, -0.25) is 0 Å². The summed E-state index contributed by atoms with van der Waals surface area (Å²) in [7, 11) is 0. The fourth-order valence-corrected chi connectivity index (χ4v) is 1.50. The second kappa shape index (κ2) is 2.46. The topological polar surface area (TPSA) is 29.5 Å². The lowest BCUT2D eigenvalue weighted by atomic mass is 9.79. The highest BCUT2D eigenvalue weighted by Gasteiger charge is 2.40. The highest BCUT2D eigenvalue weighted by Crippen LogP contribution is 2.35. The van der Waals surface area contributed by atoms with Crippen LogP contribution in [0.2, 0.25) is 0 Å². The van der Waals surface area contributed by atoms with Crippen LogP contribution in [-0.2, 0) is 4.74 Å². The van der Waals surface area contributed by atoms with Crippen LogP contribution in [0.4, 0.5) is 0 Å². The number of hydrogen-bond donors (Lipinski definition) is 1. The molecule has 1 rings (SSSR count). The van der Waals surface area contributed by atoms with Crippen LogP contribution in [0, 0.1) is 0 Å². The molecule has 0 heterocycles. The molecule has 1 N–H and O–H groups in total. The van der Waals surface area contributed by atoms with E-state index in [1.807, 2.05) is 27.7 Å². The van der Waals surface area contributed by atoms with Crippen molar-refractivity contribution < 1.29 is 9.84 Å². The third-order valence-corrected chi connectivity index (χ3v) is 1.86. The SMILES string of the molecule is CC1(O)CC(OC(C)(C)C)C1. The largest absolute Gasteiger partial charge is 0.390 e. The van der Waals surface area contributed by atoms with Gasteiger partial charge in [0.1, 0.15) is 0 Å².